The number of benzene rings is 1. The van der Waals surface area contributed by atoms with Gasteiger partial charge in [0.05, 0.1) is 15.6 Å². The van der Waals surface area contributed by atoms with Gasteiger partial charge in [0.15, 0.2) is 0 Å². The third kappa shape index (κ3) is 4.01. The third-order valence-electron chi connectivity index (χ3n) is 2.58. The van der Waals surface area contributed by atoms with E-state index in [1.165, 1.54) is 17.0 Å². The first kappa shape index (κ1) is 15.6. The van der Waals surface area contributed by atoms with Gasteiger partial charge >= 0.3 is 0 Å². The summed E-state index contributed by atoms with van der Waals surface area (Å²) in [7, 11) is 3.12. The minimum Gasteiger partial charge on any atom is -0.399 e. The molecule has 0 aliphatic rings. The quantitative estimate of drug-likeness (QED) is 0.833. The molecule has 2 amide bonds. The minimum absolute atomic E-state index is 0.142. The van der Waals surface area contributed by atoms with Crippen LogP contribution < -0.4 is 11.1 Å². The van der Waals surface area contributed by atoms with Crippen LogP contribution in [-0.2, 0) is 4.79 Å². The fourth-order valence-electron chi connectivity index (χ4n) is 1.47. The molecule has 1 aromatic rings. The molecule has 0 unspecified atom stereocenters. The third-order valence-corrected chi connectivity index (χ3v) is 3.38. The summed E-state index contributed by atoms with van der Waals surface area (Å²) in [5.74, 6) is -0.473. The topological polar surface area (TPSA) is 75.4 Å². The fraction of sp³-hybridized carbons (Fsp3) is 0.333. The Hall–Kier alpha value is -1.46. The van der Waals surface area contributed by atoms with Crippen LogP contribution in [-0.4, -0.2) is 37.4 Å². The van der Waals surface area contributed by atoms with E-state index in [0.29, 0.717) is 5.69 Å². The average Bonchev–Trinajstić information content (AvgIpc) is 2.38. The lowest BCUT2D eigenvalue weighted by Crippen LogP contribution is -2.31. The van der Waals surface area contributed by atoms with Gasteiger partial charge in [-0.15, -0.1) is 0 Å². The van der Waals surface area contributed by atoms with Crippen LogP contribution in [0.3, 0.4) is 0 Å². The highest BCUT2D eigenvalue weighted by Gasteiger charge is 2.18. The van der Waals surface area contributed by atoms with Crippen molar-refractivity contribution in [2.75, 3.05) is 26.4 Å². The average molecular weight is 304 g/mol. The zero-order chi connectivity index (χ0) is 14.6. The van der Waals surface area contributed by atoms with Gasteiger partial charge in [-0.05, 0) is 12.1 Å². The Morgan fingerprint density at radius 3 is 2.58 bits per heavy atom. The summed E-state index contributed by atoms with van der Waals surface area (Å²) in [5.41, 5.74) is 6.22. The van der Waals surface area contributed by atoms with Gasteiger partial charge in [0, 0.05) is 32.7 Å². The Morgan fingerprint density at radius 2 is 2.00 bits per heavy atom. The number of rotatable bonds is 4. The van der Waals surface area contributed by atoms with Crippen LogP contribution in [0.4, 0.5) is 5.69 Å². The van der Waals surface area contributed by atoms with E-state index in [1.54, 1.807) is 14.1 Å². The van der Waals surface area contributed by atoms with Crippen LogP contribution in [0.5, 0.6) is 0 Å². The number of nitrogens with two attached hydrogens (primary N) is 1. The van der Waals surface area contributed by atoms with Gasteiger partial charge < -0.3 is 16.0 Å². The standard InChI is InChI=1S/C12H15Cl2N3O2/c1-16-10(18)3-4-17(2)12(19)8-5-7(15)6-9(13)11(8)14/h5-6H,3-4,15H2,1-2H3,(H,16,18). The number of amides is 2. The summed E-state index contributed by atoms with van der Waals surface area (Å²) in [6.07, 6.45) is 0.215. The zero-order valence-corrected chi connectivity index (χ0v) is 12.2. The van der Waals surface area contributed by atoms with E-state index in [1.807, 2.05) is 0 Å². The van der Waals surface area contributed by atoms with Gasteiger partial charge in [-0.2, -0.15) is 0 Å². The number of hydrogen-bond acceptors (Lipinski definition) is 3. The Kier molecular flexibility index (Phi) is 5.44. The fourth-order valence-corrected chi connectivity index (χ4v) is 1.88. The van der Waals surface area contributed by atoms with Gasteiger partial charge in [0.25, 0.3) is 5.91 Å². The smallest absolute Gasteiger partial charge is 0.255 e. The number of hydrogen-bond donors (Lipinski definition) is 2. The number of nitrogens with one attached hydrogen (secondary N) is 1. The molecule has 0 radical (unpaired) electrons. The van der Waals surface area contributed by atoms with Crippen molar-refractivity contribution in [3.05, 3.63) is 27.7 Å². The van der Waals surface area contributed by atoms with Gasteiger partial charge in [-0.3, -0.25) is 9.59 Å². The molecule has 1 aromatic carbocycles. The molecule has 0 aliphatic heterocycles. The number of nitrogens with zero attached hydrogens (tertiary/aromatic N) is 1. The molecule has 0 heterocycles. The molecule has 104 valence electrons. The van der Waals surface area contributed by atoms with Crippen molar-refractivity contribution >= 4 is 40.7 Å². The molecule has 7 heteroatoms. The van der Waals surface area contributed by atoms with Crippen molar-refractivity contribution in [2.24, 2.45) is 0 Å². The maximum Gasteiger partial charge on any atom is 0.255 e. The van der Waals surface area contributed by atoms with Crippen LogP contribution >= 0.6 is 23.2 Å². The monoisotopic (exact) mass is 303 g/mol. The summed E-state index contributed by atoms with van der Waals surface area (Å²) in [6.45, 7) is 0.279. The van der Waals surface area contributed by atoms with Crippen molar-refractivity contribution in [1.29, 1.82) is 0 Å². The highest BCUT2D eigenvalue weighted by molar-refractivity contribution is 6.44. The van der Waals surface area contributed by atoms with Crippen molar-refractivity contribution in [3.63, 3.8) is 0 Å². The summed E-state index contributed by atoms with van der Waals surface area (Å²) in [6, 6.07) is 2.94. The Morgan fingerprint density at radius 1 is 1.37 bits per heavy atom. The SMILES string of the molecule is CNC(=O)CCN(C)C(=O)c1cc(N)cc(Cl)c1Cl. The Balaban J connectivity index is 2.85. The molecule has 0 bridgehead atoms. The number of nitrogen functional groups attached to an aromatic ring is 1. The molecule has 0 spiro atoms. The molecule has 3 N–H and O–H groups in total. The number of carbonyl (C=O) groups is 2. The largest absolute Gasteiger partial charge is 0.399 e. The lowest BCUT2D eigenvalue weighted by molar-refractivity contribution is -0.120. The van der Waals surface area contributed by atoms with E-state index in [0.717, 1.165) is 0 Å². The molecular formula is C12H15Cl2N3O2. The maximum atomic E-state index is 12.2. The number of halogens is 2. The van der Waals surface area contributed by atoms with Crippen LogP contribution in [0.1, 0.15) is 16.8 Å². The minimum atomic E-state index is -0.330. The molecule has 19 heavy (non-hydrogen) atoms. The first-order valence-corrected chi connectivity index (χ1v) is 6.33. The summed E-state index contributed by atoms with van der Waals surface area (Å²) >= 11 is 11.9. The highest BCUT2D eigenvalue weighted by atomic mass is 35.5. The summed E-state index contributed by atoms with van der Waals surface area (Å²) in [5, 5.41) is 2.87. The predicted molar refractivity (Wildman–Crippen MR) is 76.5 cm³/mol. The highest BCUT2D eigenvalue weighted by Crippen LogP contribution is 2.29. The Bertz CT molecular complexity index is 506. The summed E-state index contributed by atoms with van der Waals surface area (Å²) < 4.78 is 0. The second-order valence-electron chi connectivity index (χ2n) is 4.01. The maximum absolute atomic E-state index is 12.2. The second kappa shape index (κ2) is 6.63. The molecular weight excluding hydrogens is 289 g/mol. The molecule has 5 nitrogen and oxygen atoms in total. The van der Waals surface area contributed by atoms with Gasteiger partial charge in [0.1, 0.15) is 0 Å². The van der Waals surface area contributed by atoms with Crippen molar-refractivity contribution in [2.45, 2.75) is 6.42 Å². The molecule has 0 atom stereocenters. The molecule has 0 fully saturated rings. The lowest BCUT2D eigenvalue weighted by Gasteiger charge is -2.18. The normalized spacial score (nSPS) is 10.1. The van der Waals surface area contributed by atoms with E-state index in [2.05, 4.69) is 5.32 Å². The van der Waals surface area contributed by atoms with Gasteiger partial charge in [-0.1, -0.05) is 23.2 Å². The van der Waals surface area contributed by atoms with Crippen molar-refractivity contribution in [3.8, 4) is 0 Å². The second-order valence-corrected chi connectivity index (χ2v) is 4.80. The predicted octanol–water partition coefficient (Wildman–Crippen LogP) is 1.78. The zero-order valence-electron chi connectivity index (χ0n) is 10.7. The Labute approximate surface area is 121 Å². The van der Waals surface area contributed by atoms with E-state index < -0.39 is 0 Å². The molecule has 0 saturated heterocycles. The molecule has 0 aromatic heterocycles. The number of anilines is 1. The van der Waals surface area contributed by atoms with Gasteiger partial charge in [0.2, 0.25) is 5.91 Å². The van der Waals surface area contributed by atoms with Crippen LogP contribution in [0, 0.1) is 0 Å². The van der Waals surface area contributed by atoms with Crippen molar-refractivity contribution < 1.29 is 9.59 Å². The van der Waals surface area contributed by atoms with Crippen LogP contribution in [0.2, 0.25) is 10.0 Å². The van der Waals surface area contributed by atoms with E-state index in [9.17, 15) is 9.59 Å². The van der Waals surface area contributed by atoms with E-state index in [-0.39, 0.29) is 40.4 Å². The first-order chi connectivity index (χ1) is 8.86. The first-order valence-electron chi connectivity index (χ1n) is 5.57. The molecule has 0 saturated carbocycles. The van der Waals surface area contributed by atoms with Crippen LogP contribution in [0.25, 0.3) is 0 Å². The lowest BCUT2D eigenvalue weighted by atomic mass is 10.1. The van der Waals surface area contributed by atoms with Crippen LogP contribution in [0.15, 0.2) is 12.1 Å². The van der Waals surface area contributed by atoms with E-state index in [4.69, 9.17) is 28.9 Å². The molecule has 0 aliphatic carbocycles. The number of carbonyl (C=O) groups excluding carboxylic acids is 2. The van der Waals surface area contributed by atoms with Crippen molar-refractivity contribution in [1.82, 2.24) is 10.2 Å². The summed E-state index contributed by atoms with van der Waals surface area (Å²) in [4.78, 5) is 24.7. The van der Waals surface area contributed by atoms with E-state index >= 15 is 0 Å². The molecule has 1 rings (SSSR count). The van der Waals surface area contributed by atoms with Gasteiger partial charge in [-0.25, -0.2) is 0 Å².